The molecule has 0 bridgehead atoms. The van der Waals surface area contributed by atoms with Gasteiger partial charge in [-0.3, -0.25) is 4.79 Å². The minimum Gasteiger partial charge on any atom is -0.385 e. The van der Waals surface area contributed by atoms with Crippen LogP contribution in [0, 0.1) is 12.7 Å². The molecule has 198 valence electrons. The second-order valence-corrected chi connectivity index (χ2v) is 10.1. The van der Waals surface area contributed by atoms with Crippen LogP contribution in [-0.2, 0) is 14.9 Å². The normalized spacial score (nSPS) is 11.3. The number of aryl methyl sites for hydroxylation is 1. The van der Waals surface area contributed by atoms with Crippen LogP contribution >= 0.6 is 11.6 Å². The molecule has 3 rings (SSSR count). The molecule has 1 heterocycles. The highest BCUT2D eigenvalue weighted by atomic mass is 35.5. The number of methoxy groups -OCH3 is 1. The van der Waals surface area contributed by atoms with Gasteiger partial charge in [0.05, 0.1) is 16.4 Å². The van der Waals surface area contributed by atoms with Crippen LogP contribution in [0.1, 0.15) is 38.4 Å². The van der Waals surface area contributed by atoms with E-state index in [1.807, 2.05) is 58.0 Å². The molecule has 37 heavy (non-hydrogen) atoms. The van der Waals surface area contributed by atoms with Crippen molar-refractivity contribution in [3.8, 4) is 5.69 Å². The molecule has 2 N–H and O–H groups in total. The summed E-state index contributed by atoms with van der Waals surface area (Å²) in [7, 11) is 1.57. The lowest BCUT2D eigenvalue weighted by atomic mass is 9.92. The molecule has 0 aliphatic carbocycles. The molecule has 0 fully saturated rings. The van der Waals surface area contributed by atoms with Gasteiger partial charge in [-0.1, -0.05) is 50.6 Å². The van der Waals surface area contributed by atoms with Crippen molar-refractivity contribution in [2.75, 3.05) is 37.4 Å². The molecule has 3 aromatic rings. The Kier molecular flexibility index (Phi) is 9.29. The second-order valence-electron chi connectivity index (χ2n) is 9.74. The van der Waals surface area contributed by atoms with Crippen LogP contribution in [0.5, 0.6) is 0 Å². The summed E-state index contributed by atoms with van der Waals surface area (Å²) >= 11 is 5.84. The monoisotopic (exact) mass is 529 g/mol. The van der Waals surface area contributed by atoms with Crippen molar-refractivity contribution in [1.82, 2.24) is 14.7 Å². The number of ether oxygens (including phenoxy) is 1. The molecule has 0 unspecified atom stereocenters. The Morgan fingerprint density at radius 1 is 1.14 bits per heavy atom. The number of halogens is 2. The zero-order chi connectivity index (χ0) is 27.2. The molecule has 0 aliphatic heterocycles. The van der Waals surface area contributed by atoms with Crippen LogP contribution in [-0.4, -0.2) is 53.4 Å². The van der Waals surface area contributed by atoms with E-state index in [-0.39, 0.29) is 29.4 Å². The number of anilines is 2. The van der Waals surface area contributed by atoms with Gasteiger partial charge in [0.2, 0.25) is 5.91 Å². The maximum atomic E-state index is 13.5. The highest BCUT2D eigenvalue weighted by molar-refractivity contribution is 6.31. The standard InChI is InChI=1S/C27H33ClFN5O3/c1-18-9-6-7-10-22(18)34-24(16-23(32-34)27(2,3)4)31-25(35)17-33(13-8-14-37-5)26(36)30-19-11-12-21(29)20(28)15-19/h6-7,9-12,15-16H,8,13-14,17H2,1-5H3,(H,30,36)(H,31,35). The highest BCUT2D eigenvalue weighted by Crippen LogP contribution is 2.27. The van der Waals surface area contributed by atoms with Gasteiger partial charge < -0.3 is 20.3 Å². The third-order valence-electron chi connectivity index (χ3n) is 5.66. The lowest BCUT2D eigenvalue weighted by Crippen LogP contribution is -2.41. The van der Waals surface area contributed by atoms with Gasteiger partial charge in [0, 0.05) is 37.4 Å². The number of nitrogens with zero attached hydrogens (tertiary/aromatic N) is 3. The van der Waals surface area contributed by atoms with Gasteiger partial charge in [-0.25, -0.2) is 13.9 Å². The van der Waals surface area contributed by atoms with Crippen LogP contribution < -0.4 is 10.6 Å². The average Bonchev–Trinajstić information content (AvgIpc) is 3.25. The summed E-state index contributed by atoms with van der Waals surface area (Å²) in [5.41, 5.74) is 2.74. The largest absolute Gasteiger partial charge is 0.385 e. The van der Waals surface area contributed by atoms with E-state index in [0.29, 0.717) is 24.5 Å². The van der Waals surface area contributed by atoms with E-state index in [2.05, 4.69) is 10.6 Å². The number of hydrogen-bond donors (Lipinski definition) is 2. The van der Waals surface area contributed by atoms with Crippen LogP contribution in [0.3, 0.4) is 0 Å². The number of nitrogens with one attached hydrogen (secondary N) is 2. The zero-order valence-corrected chi connectivity index (χ0v) is 22.5. The highest BCUT2D eigenvalue weighted by Gasteiger charge is 2.23. The third kappa shape index (κ3) is 7.53. The Morgan fingerprint density at radius 3 is 2.51 bits per heavy atom. The summed E-state index contributed by atoms with van der Waals surface area (Å²) < 4.78 is 20.3. The Labute approximate surface area is 221 Å². The first-order chi connectivity index (χ1) is 17.5. The summed E-state index contributed by atoms with van der Waals surface area (Å²) in [5.74, 6) is -0.470. The first-order valence-electron chi connectivity index (χ1n) is 12.0. The summed E-state index contributed by atoms with van der Waals surface area (Å²) in [6.07, 6.45) is 0.524. The molecule has 1 aromatic heterocycles. The fourth-order valence-electron chi connectivity index (χ4n) is 3.61. The number of carbonyl (C=O) groups is 2. The smallest absolute Gasteiger partial charge is 0.322 e. The average molecular weight is 530 g/mol. The Hall–Kier alpha value is -3.43. The molecule has 10 heteroatoms. The summed E-state index contributed by atoms with van der Waals surface area (Å²) in [6.45, 7) is 8.60. The number of urea groups is 1. The molecule has 0 saturated heterocycles. The molecule has 0 atom stereocenters. The van der Waals surface area contributed by atoms with Gasteiger partial charge in [0.15, 0.2) is 0 Å². The lowest BCUT2D eigenvalue weighted by Gasteiger charge is -2.23. The Balaban J connectivity index is 1.82. The topological polar surface area (TPSA) is 88.5 Å². The van der Waals surface area contributed by atoms with Crippen molar-refractivity contribution in [2.24, 2.45) is 0 Å². The minimum absolute atomic E-state index is 0.111. The number of aromatic nitrogens is 2. The summed E-state index contributed by atoms with van der Waals surface area (Å²) in [4.78, 5) is 27.5. The number of para-hydroxylation sites is 1. The Morgan fingerprint density at radius 2 is 1.86 bits per heavy atom. The van der Waals surface area contributed by atoms with Crippen LogP contribution in [0.25, 0.3) is 5.69 Å². The molecular weight excluding hydrogens is 497 g/mol. The van der Waals surface area contributed by atoms with Crippen LogP contribution in [0.4, 0.5) is 20.7 Å². The van der Waals surface area contributed by atoms with Gasteiger partial charge in [-0.05, 0) is 43.2 Å². The zero-order valence-electron chi connectivity index (χ0n) is 21.8. The molecule has 0 spiro atoms. The molecule has 3 amide bonds. The Bertz CT molecular complexity index is 1260. The fraction of sp³-hybridized carbons (Fsp3) is 0.370. The molecule has 8 nitrogen and oxygen atoms in total. The molecule has 2 aromatic carbocycles. The van der Waals surface area contributed by atoms with Gasteiger partial charge in [-0.2, -0.15) is 5.10 Å². The van der Waals surface area contributed by atoms with E-state index >= 15 is 0 Å². The van der Waals surface area contributed by atoms with E-state index in [1.165, 1.54) is 23.1 Å². The second kappa shape index (κ2) is 12.2. The number of amides is 3. The summed E-state index contributed by atoms with van der Waals surface area (Å²) in [5, 5.41) is 10.2. The molecule has 0 radical (unpaired) electrons. The third-order valence-corrected chi connectivity index (χ3v) is 5.95. The van der Waals surface area contributed by atoms with Crippen molar-refractivity contribution in [1.29, 1.82) is 0 Å². The number of benzene rings is 2. The van der Waals surface area contributed by atoms with E-state index < -0.39 is 11.8 Å². The SMILES string of the molecule is COCCCN(CC(=O)Nc1cc(C(C)(C)C)nn1-c1ccccc1C)C(=O)Nc1ccc(F)c(Cl)c1. The predicted molar refractivity (Wildman–Crippen MR) is 144 cm³/mol. The quantitative estimate of drug-likeness (QED) is 0.344. The van der Waals surface area contributed by atoms with Crippen molar-refractivity contribution in [3.05, 3.63) is 70.6 Å². The van der Waals surface area contributed by atoms with E-state index in [0.717, 1.165) is 16.9 Å². The summed E-state index contributed by atoms with van der Waals surface area (Å²) in [6, 6.07) is 13.0. The first kappa shape index (κ1) is 28.1. The number of rotatable bonds is 9. The van der Waals surface area contributed by atoms with Crippen molar-refractivity contribution < 1.29 is 18.7 Å². The fourth-order valence-corrected chi connectivity index (χ4v) is 3.79. The van der Waals surface area contributed by atoms with E-state index in [1.54, 1.807) is 11.8 Å². The maximum absolute atomic E-state index is 13.5. The van der Waals surface area contributed by atoms with Crippen molar-refractivity contribution >= 4 is 35.0 Å². The maximum Gasteiger partial charge on any atom is 0.322 e. The van der Waals surface area contributed by atoms with Crippen molar-refractivity contribution in [2.45, 2.75) is 39.5 Å². The van der Waals surface area contributed by atoms with Gasteiger partial charge in [0.25, 0.3) is 0 Å². The van der Waals surface area contributed by atoms with Gasteiger partial charge in [-0.15, -0.1) is 0 Å². The van der Waals surface area contributed by atoms with Gasteiger partial charge >= 0.3 is 6.03 Å². The van der Waals surface area contributed by atoms with Gasteiger partial charge in [0.1, 0.15) is 18.2 Å². The first-order valence-corrected chi connectivity index (χ1v) is 12.3. The number of hydrogen-bond acceptors (Lipinski definition) is 4. The van der Waals surface area contributed by atoms with Crippen LogP contribution in [0.2, 0.25) is 5.02 Å². The predicted octanol–water partition coefficient (Wildman–Crippen LogP) is 5.78. The number of carbonyl (C=O) groups excluding carboxylic acids is 2. The molecular formula is C27H33ClFN5O3. The van der Waals surface area contributed by atoms with E-state index in [9.17, 15) is 14.0 Å². The van der Waals surface area contributed by atoms with E-state index in [4.69, 9.17) is 21.4 Å². The molecule has 0 aliphatic rings. The molecule has 0 saturated carbocycles. The van der Waals surface area contributed by atoms with Crippen LogP contribution in [0.15, 0.2) is 48.5 Å². The minimum atomic E-state index is -0.587. The van der Waals surface area contributed by atoms with Crippen molar-refractivity contribution in [3.63, 3.8) is 0 Å². The lowest BCUT2D eigenvalue weighted by molar-refractivity contribution is -0.116.